The first kappa shape index (κ1) is 26.0. The standard InChI is InChI=1S/C22H25F2N5O3S/c1-5-6-7-32-18-12-27-17(11-28-18)20(30)29-15-8-14(19(24)16(23)9-15)10-22(2,13-31-4)33-21(25)26-3/h1,8-9,11-12H,6-7,10,13H2,2-4H3,(H2,25,26)(H,29,30)/t22-/m1/s1. The average molecular weight is 478 g/mol. The third kappa shape index (κ3) is 7.69. The van der Waals surface area contributed by atoms with Gasteiger partial charge in [0.25, 0.3) is 5.91 Å². The van der Waals surface area contributed by atoms with E-state index in [-0.39, 0.29) is 47.6 Å². The van der Waals surface area contributed by atoms with E-state index in [1.807, 2.05) is 0 Å². The number of hydrogen-bond donors (Lipinski definition) is 2. The number of rotatable bonds is 10. The molecule has 0 aliphatic heterocycles. The lowest BCUT2D eigenvalue weighted by Crippen LogP contribution is -2.33. The minimum absolute atomic E-state index is 0.0303. The van der Waals surface area contributed by atoms with Crippen LogP contribution in [0.25, 0.3) is 0 Å². The number of carbonyl (C=O) groups excluding carboxylic acids is 1. The molecule has 1 heterocycles. The van der Waals surface area contributed by atoms with E-state index in [0.717, 1.165) is 6.07 Å². The van der Waals surface area contributed by atoms with Gasteiger partial charge in [-0.05, 0) is 25.0 Å². The third-order valence-corrected chi connectivity index (χ3v) is 5.45. The molecular weight excluding hydrogens is 452 g/mol. The Hall–Kier alpha value is -3.23. The molecule has 0 saturated carbocycles. The van der Waals surface area contributed by atoms with Crippen molar-refractivity contribution in [2.24, 2.45) is 10.7 Å². The largest absolute Gasteiger partial charge is 0.476 e. The Morgan fingerprint density at radius 3 is 2.73 bits per heavy atom. The van der Waals surface area contributed by atoms with Crippen LogP contribution in [0.15, 0.2) is 29.5 Å². The second-order valence-electron chi connectivity index (χ2n) is 7.15. The minimum Gasteiger partial charge on any atom is -0.476 e. The summed E-state index contributed by atoms with van der Waals surface area (Å²) in [5.41, 5.74) is 5.90. The van der Waals surface area contributed by atoms with Crippen molar-refractivity contribution in [3.8, 4) is 18.2 Å². The maximum absolute atomic E-state index is 14.6. The summed E-state index contributed by atoms with van der Waals surface area (Å²) in [4.78, 5) is 24.4. The fraction of sp³-hybridized carbons (Fsp3) is 0.364. The number of aliphatic imine (C=N–C) groups is 1. The smallest absolute Gasteiger partial charge is 0.275 e. The predicted molar refractivity (Wildman–Crippen MR) is 124 cm³/mol. The van der Waals surface area contributed by atoms with Gasteiger partial charge in [0.15, 0.2) is 16.8 Å². The number of nitrogens with zero attached hydrogens (tertiary/aromatic N) is 3. The number of benzene rings is 1. The summed E-state index contributed by atoms with van der Waals surface area (Å²) in [6.07, 6.45) is 8.10. The molecule has 1 aromatic carbocycles. The number of thioether (sulfide) groups is 1. The van der Waals surface area contributed by atoms with Crippen molar-refractivity contribution >= 4 is 28.5 Å². The molecule has 0 saturated heterocycles. The van der Waals surface area contributed by atoms with Crippen LogP contribution in [0.2, 0.25) is 0 Å². The Labute approximate surface area is 195 Å². The molecule has 0 bridgehead atoms. The summed E-state index contributed by atoms with van der Waals surface area (Å²) >= 11 is 1.19. The molecule has 176 valence electrons. The van der Waals surface area contributed by atoms with Crippen LogP contribution < -0.4 is 15.8 Å². The fourth-order valence-electron chi connectivity index (χ4n) is 2.89. The maximum Gasteiger partial charge on any atom is 0.275 e. The summed E-state index contributed by atoms with van der Waals surface area (Å²) < 4.78 is 38.7. The number of nitrogens with one attached hydrogen (secondary N) is 1. The van der Waals surface area contributed by atoms with Crippen molar-refractivity contribution in [2.45, 2.75) is 24.5 Å². The van der Waals surface area contributed by atoms with Crippen molar-refractivity contribution in [2.75, 3.05) is 32.7 Å². The number of methoxy groups -OCH3 is 1. The van der Waals surface area contributed by atoms with Gasteiger partial charge < -0.3 is 20.5 Å². The highest BCUT2D eigenvalue weighted by molar-refractivity contribution is 8.15. The maximum atomic E-state index is 14.6. The van der Waals surface area contributed by atoms with Gasteiger partial charge in [-0.1, -0.05) is 11.8 Å². The monoisotopic (exact) mass is 477 g/mol. The molecule has 3 N–H and O–H groups in total. The highest BCUT2D eigenvalue weighted by Crippen LogP contribution is 2.32. The third-order valence-electron chi connectivity index (χ3n) is 4.30. The number of ether oxygens (including phenoxy) is 2. The molecule has 2 aromatic rings. The van der Waals surface area contributed by atoms with Gasteiger partial charge in [-0.25, -0.2) is 18.7 Å². The first-order valence-corrected chi connectivity index (χ1v) is 10.6. The van der Waals surface area contributed by atoms with Crippen LogP contribution in [-0.4, -0.2) is 53.2 Å². The van der Waals surface area contributed by atoms with Crippen LogP contribution >= 0.6 is 11.8 Å². The molecule has 0 unspecified atom stereocenters. The molecule has 0 aliphatic rings. The zero-order valence-electron chi connectivity index (χ0n) is 18.5. The fourth-order valence-corrected chi connectivity index (χ4v) is 3.89. The Balaban J connectivity index is 2.20. The van der Waals surface area contributed by atoms with Gasteiger partial charge in [0, 0.05) is 37.1 Å². The highest BCUT2D eigenvalue weighted by atomic mass is 32.2. The number of amides is 1. The summed E-state index contributed by atoms with van der Waals surface area (Å²) in [5.74, 6) is -0.132. The van der Waals surface area contributed by atoms with E-state index in [0.29, 0.717) is 6.42 Å². The zero-order chi connectivity index (χ0) is 24.4. The van der Waals surface area contributed by atoms with Gasteiger partial charge in [-0.3, -0.25) is 9.79 Å². The van der Waals surface area contributed by atoms with Gasteiger partial charge in [0.2, 0.25) is 5.88 Å². The number of hydrogen-bond acceptors (Lipinski definition) is 7. The lowest BCUT2D eigenvalue weighted by molar-refractivity contribution is 0.102. The number of anilines is 1. The van der Waals surface area contributed by atoms with Crippen molar-refractivity contribution < 1.29 is 23.0 Å². The van der Waals surface area contributed by atoms with Crippen molar-refractivity contribution in [1.29, 1.82) is 0 Å². The van der Waals surface area contributed by atoms with Crippen LogP contribution in [0, 0.1) is 24.0 Å². The van der Waals surface area contributed by atoms with E-state index >= 15 is 0 Å². The molecule has 1 atom stereocenters. The number of amidine groups is 1. The van der Waals surface area contributed by atoms with Crippen molar-refractivity contribution in [1.82, 2.24) is 9.97 Å². The van der Waals surface area contributed by atoms with Crippen LogP contribution in [0.4, 0.5) is 14.5 Å². The molecule has 33 heavy (non-hydrogen) atoms. The Morgan fingerprint density at radius 2 is 2.12 bits per heavy atom. The molecular formula is C22H25F2N5O3S. The minimum atomic E-state index is -1.10. The summed E-state index contributed by atoms with van der Waals surface area (Å²) in [7, 11) is 3.03. The molecule has 0 spiro atoms. The predicted octanol–water partition coefficient (Wildman–Crippen LogP) is 3.03. The lowest BCUT2D eigenvalue weighted by atomic mass is 9.99. The van der Waals surface area contributed by atoms with E-state index in [1.54, 1.807) is 6.92 Å². The number of terminal acetylenes is 1. The Kier molecular flexibility index (Phi) is 9.57. The molecule has 0 radical (unpaired) electrons. The topological polar surface area (TPSA) is 112 Å². The second-order valence-corrected chi connectivity index (χ2v) is 8.76. The molecule has 2 rings (SSSR count). The van der Waals surface area contributed by atoms with Gasteiger partial charge in [-0.15, -0.1) is 12.3 Å². The normalized spacial score (nSPS) is 13.2. The van der Waals surface area contributed by atoms with Crippen molar-refractivity contribution in [3.63, 3.8) is 0 Å². The van der Waals surface area contributed by atoms with Crippen LogP contribution in [0.5, 0.6) is 5.88 Å². The van der Waals surface area contributed by atoms with Gasteiger partial charge in [0.1, 0.15) is 12.3 Å². The first-order chi connectivity index (χ1) is 15.7. The van der Waals surface area contributed by atoms with Crippen LogP contribution in [0.1, 0.15) is 29.4 Å². The van der Waals surface area contributed by atoms with Gasteiger partial charge in [0.05, 0.1) is 19.0 Å². The molecule has 11 heteroatoms. The number of aromatic nitrogens is 2. The second kappa shape index (κ2) is 12.1. The van der Waals surface area contributed by atoms with E-state index < -0.39 is 22.3 Å². The van der Waals surface area contributed by atoms with Crippen LogP contribution in [0.3, 0.4) is 0 Å². The summed E-state index contributed by atoms with van der Waals surface area (Å²) in [6.45, 7) is 2.27. The molecule has 8 nitrogen and oxygen atoms in total. The van der Waals surface area contributed by atoms with E-state index in [1.165, 1.54) is 44.4 Å². The van der Waals surface area contributed by atoms with Gasteiger partial charge >= 0.3 is 0 Å². The quantitative estimate of drug-likeness (QED) is 0.234. The summed E-state index contributed by atoms with van der Waals surface area (Å²) in [6, 6.07) is 2.25. The number of nitrogens with two attached hydrogens (primary N) is 1. The molecule has 1 aromatic heterocycles. The Bertz CT molecular complexity index is 1040. The SMILES string of the molecule is C#CCCOc1cnc(C(=O)Nc2cc(F)c(F)c(C[C@](C)(COC)SC(N)=NC)c2)cn1. The summed E-state index contributed by atoms with van der Waals surface area (Å²) in [5, 5.41) is 2.79. The van der Waals surface area contributed by atoms with Gasteiger partial charge in [-0.2, -0.15) is 0 Å². The highest BCUT2D eigenvalue weighted by Gasteiger charge is 2.29. The molecule has 0 fully saturated rings. The van der Waals surface area contributed by atoms with Crippen molar-refractivity contribution in [3.05, 3.63) is 47.4 Å². The Morgan fingerprint density at radius 1 is 1.36 bits per heavy atom. The van der Waals surface area contributed by atoms with E-state index in [9.17, 15) is 13.6 Å². The van der Waals surface area contributed by atoms with Crippen LogP contribution in [-0.2, 0) is 11.2 Å². The van der Waals surface area contributed by atoms with E-state index in [2.05, 4.69) is 26.2 Å². The number of carbonyl (C=O) groups is 1. The molecule has 0 aliphatic carbocycles. The number of halogens is 2. The molecule has 1 amide bonds. The first-order valence-electron chi connectivity index (χ1n) is 9.79. The van der Waals surface area contributed by atoms with E-state index in [4.69, 9.17) is 21.6 Å². The zero-order valence-corrected chi connectivity index (χ0v) is 19.3. The lowest BCUT2D eigenvalue weighted by Gasteiger charge is -2.28. The average Bonchev–Trinajstić information content (AvgIpc) is 2.77.